The van der Waals surface area contributed by atoms with Crippen LogP contribution in [-0.2, 0) is 6.54 Å². The molecule has 6 nitrogen and oxygen atoms in total. The maximum Gasteiger partial charge on any atom is 0.139 e. The van der Waals surface area contributed by atoms with Gasteiger partial charge in [0.15, 0.2) is 0 Å². The Balaban J connectivity index is 1.40. The molecule has 3 aromatic heterocycles. The third-order valence-electron chi connectivity index (χ3n) is 5.56. The molecule has 1 fully saturated rings. The number of benzene rings is 1. The van der Waals surface area contributed by atoms with Crippen LogP contribution in [0, 0.1) is 0 Å². The summed E-state index contributed by atoms with van der Waals surface area (Å²) in [7, 11) is 1.71. The summed E-state index contributed by atoms with van der Waals surface area (Å²) in [5.41, 5.74) is 4.41. The second-order valence-corrected chi connectivity index (χ2v) is 7.26. The number of aromatic amines is 1. The summed E-state index contributed by atoms with van der Waals surface area (Å²) in [6.45, 7) is 3.14. The van der Waals surface area contributed by atoms with Crippen LogP contribution in [0.4, 0.5) is 0 Å². The highest BCUT2D eigenvalue weighted by Gasteiger charge is 2.23. The van der Waals surface area contributed by atoms with Gasteiger partial charge in [-0.25, -0.2) is 9.97 Å². The van der Waals surface area contributed by atoms with E-state index in [1.54, 1.807) is 7.11 Å². The fourth-order valence-corrected chi connectivity index (χ4v) is 4.20. The van der Waals surface area contributed by atoms with Gasteiger partial charge in [-0.2, -0.15) is 0 Å². The van der Waals surface area contributed by atoms with E-state index in [0.29, 0.717) is 6.04 Å². The van der Waals surface area contributed by atoms with Crippen LogP contribution in [0.1, 0.15) is 24.4 Å². The van der Waals surface area contributed by atoms with E-state index in [4.69, 9.17) is 4.74 Å². The van der Waals surface area contributed by atoms with Gasteiger partial charge in [0, 0.05) is 30.7 Å². The van der Waals surface area contributed by atoms with Crippen molar-refractivity contribution >= 4 is 22.1 Å². The molecule has 4 aromatic rings. The number of ether oxygens (including phenoxy) is 1. The van der Waals surface area contributed by atoms with E-state index in [9.17, 15) is 0 Å². The molecule has 1 atom stereocenters. The molecule has 1 aromatic carbocycles. The molecule has 4 heterocycles. The van der Waals surface area contributed by atoms with Gasteiger partial charge in [0.2, 0.25) is 0 Å². The zero-order valence-corrected chi connectivity index (χ0v) is 15.4. The first-order valence-electron chi connectivity index (χ1n) is 9.46. The molecule has 0 aliphatic carbocycles. The summed E-state index contributed by atoms with van der Waals surface area (Å²) in [4.78, 5) is 14.8. The standard InChI is InChI=1S/C21H23N5O/c1-27-17-6-4-15(5-7-17)12-25-10-2-3-16(13-25)26-14-24-19-11-23-21-18(20(19)26)8-9-22-21/h4-9,11,14,16H,2-3,10,12-13H2,1H3,(H,22,23)/t16-/m1/s1. The molecule has 0 radical (unpaired) electrons. The van der Waals surface area contributed by atoms with Crippen molar-refractivity contribution in [2.45, 2.75) is 25.4 Å². The molecule has 0 spiro atoms. The van der Waals surface area contributed by atoms with Gasteiger partial charge in [0.1, 0.15) is 16.9 Å². The third-order valence-corrected chi connectivity index (χ3v) is 5.56. The van der Waals surface area contributed by atoms with Crippen molar-refractivity contribution in [2.75, 3.05) is 20.2 Å². The Bertz CT molecular complexity index is 1070. The average molecular weight is 361 g/mol. The van der Waals surface area contributed by atoms with Crippen molar-refractivity contribution in [3.05, 3.63) is 54.6 Å². The minimum absolute atomic E-state index is 0.433. The number of nitrogens with zero attached hydrogens (tertiary/aromatic N) is 4. The Kier molecular flexibility index (Phi) is 4.05. The molecule has 0 amide bonds. The summed E-state index contributed by atoms with van der Waals surface area (Å²) in [6.07, 6.45) is 8.18. The summed E-state index contributed by atoms with van der Waals surface area (Å²) in [6, 6.07) is 10.9. The molecule has 5 rings (SSSR count). The number of hydrogen-bond donors (Lipinski definition) is 1. The van der Waals surface area contributed by atoms with Crippen LogP contribution in [0.2, 0.25) is 0 Å². The highest BCUT2D eigenvalue weighted by Crippen LogP contribution is 2.30. The lowest BCUT2D eigenvalue weighted by molar-refractivity contribution is 0.172. The van der Waals surface area contributed by atoms with Crippen molar-refractivity contribution < 1.29 is 4.74 Å². The van der Waals surface area contributed by atoms with Gasteiger partial charge >= 0.3 is 0 Å². The Morgan fingerprint density at radius 2 is 2.07 bits per heavy atom. The molecule has 0 saturated carbocycles. The van der Waals surface area contributed by atoms with Crippen molar-refractivity contribution in [3.8, 4) is 5.75 Å². The van der Waals surface area contributed by atoms with Crippen LogP contribution < -0.4 is 4.74 Å². The first-order valence-corrected chi connectivity index (χ1v) is 9.46. The monoisotopic (exact) mass is 361 g/mol. The van der Waals surface area contributed by atoms with Gasteiger partial charge in [-0.1, -0.05) is 12.1 Å². The van der Waals surface area contributed by atoms with Gasteiger partial charge in [-0.3, -0.25) is 4.90 Å². The molecular formula is C21H23N5O. The zero-order chi connectivity index (χ0) is 18.2. The van der Waals surface area contributed by atoms with Gasteiger partial charge in [0.05, 0.1) is 25.2 Å². The normalized spacial score (nSPS) is 18.3. The maximum absolute atomic E-state index is 5.26. The highest BCUT2D eigenvalue weighted by atomic mass is 16.5. The van der Waals surface area contributed by atoms with E-state index in [-0.39, 0.29) is 0 Å². The fourth-order valence-electron chi connectivity index (χ4n) is 4.20. The first-order chi connectivity index (χ1) is 13.3. The molecule has 0 bridgehead atoms. The Morgan fingerprint density at radius 1 is 1.19 bits per heavy atom. The minimum atomic E-state index is 0.433. The van der Waals surface area contributed by atoms with Crippen molar-refractivity contribution in [1.29, 1.82) is 0 Å². The number of H-pyrrole nitrogens is 1. The van der Waals surface area contributed by atoms with Crippen LogP contribution in [0.25, 0.3) is 22.1 Å². The molecule has 1 N–H and O–H groups in total. The summed E-state index contributed by atoms with van der Waals surface area (Å²) in [5, 5.41) is 1.15. The highest BCUT2D eigenvalue weighted by molar-refractivity contribution is 6.00. The summed E-state index contributed by atoms with van der Waals surface area (Å²) >= 11 is 0. The van der Waals surface area contributed by atoms with E-state index in [0.717, 1.165) is 41.9 Å². The van der Waals surface area contributed by atoms with Gasteiger partial charge in [-0.05, 0) is 43.1 Å². The quantitative estimate of drug-likeness (QED) is 0.601. The smallest absolute Gasteiger partial charge is 0.139 e. The molecule has 1 saturated heterocycles. The second-order valence-electron chi connectivity index (χ2n) is 7.26. The number of imidazole rings is 1. The first kappa shape index (κ1) is 16.3. The van der Waals surface area contributed by atoms with Gasteiger partial charge in [-0.15, -0.1) is 0 Å². The lowest BCUT2D eigenvalue weighted by atomic mass is 10.0. The number of likely N-dealkylation sites (tertiary alicyclic amines) is 1. The molecule has 138 valence electrons. The number of piperidine rings is 1. The van der Waals surface area contributed by atoms with E-state index in [1.165, 1.54) is 23.9 Å². The van der Waals surface area contributed by atoms with Crippen LogP contribution in [-0.4, -0.2) is 44.6 Å². The maximum atomic E-state index is 5.26. The molecule has 1 aliphatic heterocycles. The van der Waals surface area contributed by atoms with Crippen LogP contribution >= 0.6 is 0 Å². The van der Waals surface area contributed by atoms with Gasteiger partial charge in [0.25, 0.3) is 0 Å². The molecule has 6 heteroatoms. The Morgan fingerprint density at radius 3 is 2.93 bits per heavy atom. The second kappa shape index (κ2) is 6.70. The van der Waals surface area contributed by atoms with Crippen molar-refractivity contribution in [3.63, 3.8) is 0 Å². The average Bonchev–Trinajstić information content (AvgIpc) is 3.35. The van der Waals surface area contributed by atoms with Crippen molar-refractivity contribution in [2.24, 2.45) is 0 Å². The predicted octanol–water partition coefficient (Wildman–Crippen LogP) is 3.76. The van der Waals surface area contributed by atoms with E-state index < -0.39 is 0 Å². The van der Waals surface area contributed by atoms with Crippen molar-refractivity contribution in [1.82, 2.24) is 24.4 Å². The predicted molar refractivity (Wildman–Crippen MR) is 106 cm³/mol. The molecule has 27 heavy (non-hydrogen) atoms. The van der Waals surface area contributed by atoms with E-state index >= 15 is 0 Å². The number of pyridine rings is 1. The number of methoxy groups -OCH3 is 1. The summed E-state index contributed by atoms with van der Waals surface area (Å²) in [5.74, 6) is 0.907. The lowest BCUT2D eigenvalue weighted by Crippen LogP contribution is -2.35. The number of rotatable bonds is 4. The van der Waals surface area contributed by atoms with E-state index in [2.05, 4.69) is 42.6 Å². The Labute approximate surface area is 157 Å². The van der Waals surface area contributed by atoms with Crippen LogP contribution in [0.15, 0.2) is 49.1 Å². The third kappa shape index (κ3) is 2.96. The lowest BCUT2D eigenvalue weighted by Gasteiger charge is -2.33. The number of fused-ring (bicyclic) bond motifs is 3. The zero-order valence-electron chi connectivity index (χ0n) is 15.4. The molecule has 0 unspecified atom stereocenters. The van der Waals surface area contributed by atoms with Crippen LogP contribution in [0.5, 0.6) is 5.75 Å². The number of nitrogens with one attached hydrogen (secondary N) is 1. The summed E-state index contributed by atoms with van der Waals surface area (Å²) < 4.78 is 7.62. The topological polar surface area (TPSA) is 59.0 Å². The van der Waals surface area contributed by atoms with E-state index in [1.807, 2.05) is 30.9 Å². The van der Waals surface area contributed by atoms with Crippen LogP contribution in [0.3, 0.4) is 0 Å². The van der Waals surface area contributed by atoms with Gasteiger partial charge < -0.3 is 14.3 Å². The SMILES string of the molecule is COc1ccc(CN2CCC[C@@H](n3cnc4cnc5[nH]ccc5c43)C2)cc1. The Hall–Kier alpha value is -2.86. The largest absolute Gasteiger partial charge is 0.497 e. The number of hydrogen-bond acceptors (Lipinski definition) is 4. The molecular weight excluding hydrogens is 338 g/mol. The fraction of sp³-hybridized carbons (Fsp3) is 0.333. The number of aromatic nitrogens is 4. The molecule has 1 aliphatic rings. The minimum Gasteiger partial charge on any atom is -0.497 e.